The quantitative estimate of drug-likeness (QED) is 0.229. The van der Waals surface area contributed by atoms with Gasteiger partial charge in [-0.05, 0) is 16.5 Å². The summed E-state index contributed by atoms with van der Waals surface area (Å²) in [5.74, 6) is 0. The fourth-order valence-electron chi connectivity index (χ4n) is 4.60. The van der Waals surface area contributed by atoms with Crippen LogP contribution in [0.2, 0.25) is 0 Å². The molecule has 0 nitrogen and oxygen atoms in total. The fourth-order valence-corrected chi connectivity index (χ4v) is 4.60. The van der Waals surface area contributed by atoms with Crippen LogP contribution >= 0.6 is 0 Å². The fraction of sp³-hybridized carbons (Fsp3) is 0.192. The molecule has 154 valence electrons. The number of hydrogen-bond acceptors (Lipinski definition) is 0. The molecule has 0 N–H and O–H groups in total. The van der Waals surface area contributed by atoms with Crippen LogP contribution in [-0.4, -0.2) is 0 Å². The van der Waals surface area contributed by atoms with Crippen molar-refractivity contribution < 1.29 is 58.9 Å². The van der Waals surface area contributed by atoms with Crippen LogP contribution in [0, 0.1) is 5.41 Å². The van der Waals surface area contributed by atoms with Gasteiger partial charge in [-0.1, -0.05) is 87.5 Å². The molecule has 4 heteroatoms. The Morgan fingerprint density at radius 2 is 1.00 bits per heavy atom. The Morgan fingerprint density at radius 3 is 1.47 bits per heavy atom. The van der Waals surface area contributed by atoms with Crippen molar-refractivity contribution in [2.24, 2.45) is 5.41 Å². The van der Waals surface area contributed by atoms with Gasteiger partial charge in [-0.3, -0.25) is 0 Å². The number of hydrogen-bond donors (Lipinski definition) is 0. The SMILES string of the molecule is CC(C)(C)C(c1ccccc1)(c1ccccc1)[c-]1ccc2ccccc21.[Cl-].[Cl-].[Cl-].[Ti+4]. The molecule has 0 spiro atoms. The Hall–Kier alpha value is -1.15. The van der Waals surface area contributed by atoms with E-state index < -0.39 is 0 Å². The zero-order chi connectivity index (χ0) is 18.2. The minimum atomic E-state index is -0.224. The predicted molar refractivity (Wildman–Crippen MR) is 112 cm³/mol. The van der Waals surface area contributed by atoms with E-state index in [-0.39, 0.29) is 69.8 Å². The van der Waals surface area contributed by atoms with Gasteiger partial charge < -0.3 is 37.2 Å². The van der Waals surface area contributed by atoms with Crippen LogP contribution in [0.25, 0.3) is 10.8 Å². The van der Waals surface area contributed by atoms with Crippen LogP contribution in [0.1, 0.15) is 37.5 Å². The molecule has 0 saturated heterocycles. The number of fused-ring (bicyclic) bond motifs is 1. The first kappa shape index (κ1) is 28.9. The van der Waals surface area contributed by atoms with Gasteiger partial charge in [0.2, 0.25) is 0 Å². The summed E-state index contributed by atoms with van der Waals surface area (Å²) in [4.78, 5) is 0. The minimum absolute atomic E-state index is 0. The summed E-state index contributed by atoms with van der Waals surface area (Å²) in [6.45, 7) is 7.07. The van der Waals surface area contributed by atoms with Crippen LogP contribution in [0.15, 0.2) is 97.1 Å². The van der Waals surface area contributed by atoms with Crippen molar-refractivity contribution in [1.82, 2.24) is 0 Å². The normalized spacial score (nSPS) is 10.8. The number of halogens is 3. The van der Waals surface area contributed by atoms with Crippen LogP contribution < -0.4 is 37.2 Å². The van der Waals surface area contributed by atoms with Crippen LogP contribution in [0.4, 0.5) is 0 Å². The van der Waals surface area contributed by atoms with E-state index in [1.165, 1.54) is 27.5 Å². The van der Waals surface area contributed by atoms with E-state index in [1.54, 1.807) is 0 Å². The van der Waals surface area contributed by atoms with Crippen LogP contribution in [0.3, 0.4) is 0 Å². The molecule has 4 aromatic carbocycles. The van der Waals surface area contributed by atoms with E-state index in [1.807, 2.05) is 0 Å². The van der Waals surface area contributed by atoms with Gasteiger partial charge >= 0.3 is 21.7 Å². The van der Waals surface area contributed by atoms with E-state index >= 15 is 0 Å². The monoisotopic (exact) mass is 490 g/mol. The summed E-state index contributed by atoms with van der Waals surface area (Å²) in [7, 11) is 0. The van der Waals surface area contributed by atoms with E-state index in [2.05, 4.69) is 118 Å². The first-order valence-electron chi connectivity index (χ1n) is 9.31. The minimum Gasteiger partial charge on any atom is -1.00 e. The maximum atomic E-state index is 2.36. The molecular weight excluding hydrogens is 467 g/mol. The van der Waals surface area contributed by atoms with Crippen LogP contribution in [0.5, 0.6) is 0 Å². The van der Waals surface area contributed by atoms with Gasteiger partial charge in [-0.2, -0.15) is 6.07 Å². The van der Waals surface area contributed by atoms with Gasteiger partial charge in [0.25, 0.3) is 0 Å². The van der Waals surface area contributed by atoms with Crippen molar-refractivity contribution in [2.45, 2.75) is 26.2 Å². The third-order valence-corrected chi connectivity index (χ3v) is 5.62. The van der Waals surface area contributed by atoms with E-state index in [9.17, 15) is 0 Å². The largest absolute Gasteiger partial charge is 4.00 e. The van der Waals surface area contributed by atoms with Crippen molar-refractivity contribution in [2.75, 3.05) is 0 Å². The van der Waals surface area contributed by atoms with Crippen molar-refractivity contribution in [1.29, 1.82) is 0 Å². The molecular formula is C26H25Cl3Ti. The predicted octanol–water partition coefficient (Wildman–Crippen LogP) is -2.05. The molecule has 0 heterocycles. The van der Waals surface area contributed by atoms with Crippen molar-refractivity contribution in [3.63, 3.8) is 0 Å². The summed E-state index contributed by atoms with van der Waals surface area (Å²) in [6, 6.07) is 35.3. The molecule has 0 saturated carbocycles. The molecule has 0 aliphatic heterocycles. The Balaban J connectivity index is 0.00000210. The molecule has 0 unspecified atom stereocenters. The first-order chi connectivity index (χ1) is 12.5. The number of rotatable bonds is 3. The molecule has 0 aromatic heterocycles. The third kappa shape index (κ3) is 4.69. The maximum absolute atomic E-state index is 2.36. The van der Waals surface area contributed by atoms with Crippen LogP contribution in [-0.2, 0) is 27.1 Å². The van der Waals surface area contributed by atoms with Gasteiger partial charge in [0.05, 0.1) is 0 Å². The second-order valence-corrected chi connectivity index (χ2v) is 8.07. The van der Waals surface area contributed by atoms with E-state index in [0.29, 0.717) is 0 Å². The van der Waals surface area contributed by atoms with Gasteiger partial charge in [-0.15, -0.1) is 40.6 Å². The Kier molecular flexibility index (Phi) is 11.0. The van der Waals surface area contributed by atoms with Gasteiger partial charge in [-0.25, -0.2) is 0 Å². The maximum Gasteiger partial charge on any atom is 4.00 e. The average molecular weight is 492 g/mol. The molecule has 4 aromatic rings. The molecule has 0 radical (unpaired) electrons. The average Bonchev–Trinajstić information content (AvgIpc) is 3.08. The first-order valence-corrected chi connectivity index (χ1v) is 9.31. The molecule has 4 rings (SSSR count). The van der Waals surface area contributed by atoms with E-state index in [4.69, 9.17) is 0 Å². The molecule has 0 aliphatic rings. The molecule has 0 fully saturated rings. The molecule has 0 atom stereocenters. The number of benzene rings is 3. The van der Waals surface area contributed by atoms with Gasteiger partial charge in [0, 0.05) is 5.41 Å². The summed E-state index contributed by atoms with van der Waals surface area (Å²) < 4.78 is 0. The van der Waals surface area contributed by atoms with Crippen molar-refractivity contribution in [3.05, 3.63) is 114 Å². The molecule has 0 amide bonds. The topological polar surface area (TPSA) is 0 Å². The van der Waals surface area contributed by atoms with Gasteiger partial charge in [0.1, 0.15) is 0 Å². The third-order valence-electron chi connectivity index (χ3n) is 5.62. The Morgan fingerprint density at radius 1 is 0.567 bits per heavy atom. The summed E-state index contributed by atoms with van der Waals surface area (Å²) in [6.07, 6.45) is 0. The smallest absolute Gasteiger partial charge is 1.00 e. The van der Waals surface area contributed by atoms with Crippen molar-refractivity contribution >= 4 is 10.8 Å². The second-order valence-electron chi connectivity index (χ2n) is 8.07. The summed E-state index contributed by atoms with van der Waals surface area (Å²) in [5, 5.41) is 2.65. The molecule has 30 heavy (non-hydrogen) atoms. The summed E-state index contributed by atoms with van der Waals surface area (Å²) >= 11 is 0. The zero-order valence-corrected chi connectivity index (χ0v) is 21.2. The van der Waals surface area contributed by atoms with Crippen molar-refractivity contribution in [3.8, 4) is 0 Å². The summed E-state index contributed by atoms with van der Waals surface area (Å²) in [5.41, 5.74) is 3.84. The second kappa shape index (κ2) is 11.5. The molecule has 0 bridgehead atoms. The standard InChI is InChI=1S/C26H25.3ClH.Ti/c1-25(2,3)26(21-13-6-4-7-14-21,22-15-8-5-9-16-22)24-19-18-20-12-10-11-17-23(20)24;;;;/h4-19H,1-3H3;3*1H;/q-1;;;;+4/p-3. The Bertz CT molecular complexity index is 979. The van der Waals surface area contributed by atoms with E-state index in [0.717, 1.165) is 0 Å². The molecule has 0 aliphatic carbocycles. The zero-order valence-electron chi connectivity index (χ0n) is 17.4. The van der Waals surface area contributed by atoms with Gasteiger partial charge in [0.15, 0.2) is 0 Å². The Labute approximate surface area is 214 Å².